The Balaban J connectivity index is 1.29. The standard InChI is InChI=1S/C28H47N3O/c1-4-5-19-6-8-22-21(12-19)7-9-24-23(22)10-11-28(3)25(24)13-26(32)27(28)18(2)16-31-17-20(14-29)15-30-31/h15,17-19,21-27,32H,4-14,16,29H2,1-3H3/t18-,19-,21+,22-,23+,24+,25?,26+,27-,28-/m0/s1. The van der Waals surface area contributed by atoms with Gasteiger partial charge in [0.2, 0.25) is 0 Å². The van der Waals surface area contributed by atoms with E-state index in [0.29, 0.717) is 18.4 Å². The predicted octanol–water partition coefficient (Wildman–Crippen LogP) is 5.63. The molecule has 0 amide bonds. The van der Waals surface area contributed by atoms with Gasteiger partial charge in [0.25, 0.3) is 0 Å². The van der Waals surface area contributed by atoms with Gasteiger partial charge in [0.05, 0.1) is 12.3 Å². The van der Waals surface area contributed by atoms with Crippen molar-refractivity contribution < 1.29 is 5.11 Å². The van der Waals surface area contributed by atoms with Crippen LogP contribution < -0.4 is 5.73 Å². The molecule has 10 atom stereocenters. The Labute approximate surface area is 195 Å². The lowest BCUT2D eigenvalue weighted by atomic mass is 9.48. The lowest BCUT2D eigenvalue weighted by molar-refractivity contribution is -0.0781. The number of nitrogens with zero attached hydrogens (tertiary/aromatic N) is 2. The molecule has 4 aliphatic carbocycles. The highest BCUT2D eigenvalue weighted by Crippen LogP contribution is 2.65. The van der Waals surface area contributed by atoms with Gasteiger partial charge in [-0.15, -0.1) is 0 Å². The summed E-state index contributed by atoms with van der Waals surface area (Å²) in [4.78, 5) is 0. The summed E-state index contributed by atoms with van der Waals surface area (Å²) in [5.41, 5.74) is 7.17. The van der Waals surface area contributed by atoms with E-state index < -0.39 is 0 Å². The van der Waals surface area contributed by atoms with Crippen LogP contribution >= 0.6 is 0 Å². The summed E-state index contributed by atoms with van der Waals surface area (Å²) in [6.07, 6.45) is 17.8. The van der Waals surface area contributed by atoms with Crippen LogP contribution in [0.2, 0.25) is 0 Å². The predicted molar refractivity (Wildman–Crippen MR) is 130 cm³/mol. The van der Waals surface area contributed by atoms with E-state index in [1.807, 2.05) is 6.20 Å². The molecule has 4 aliphatic rings. The second-order valence-corrected chi connectivity index (χ2v) is 12.5. The summed E-state index contributed by atoms with van der Waals surface area (Å²) in [6, 6.07) is 0. The fourth-order valence-corrected chi connectivity index (χ4v) is 9.72. The van der Waals surface area contributed by atoms with E-state index in [1.165, 1.54) is 57.8 Å². The summed E-state index contributed by atoms with van der Waals surface area (Å²) >= 11 is 0. The van der Waals surface area contributed by atoms with Crippen LogP contribution in [0, 0.1) is 52.8 Å². The van der Waals surface area contributed by atoms with Crippen LogP contribution in [0.25, 0.3) is 0 Å². The lowest BCUT2D eigenvalue weighted by Crippen LogP contribution is -2.49. The van der Waals surface area contributed by atoms with Gasteiger partial charge in [-0.2, -0.15) is 5.10 Å². The molecule has 1 aromatic rings. The Morgan fingerprint density at radius 1 is 1.16 bits per heavy atom. The molecule has 0 aliphatic heterocycles. The molecule has 1 heterocycles. The van der Waals surface area contributed by atoms with Gasteiger partial charge in [0.1, 0.15) is 0 Å². The zero-order valence-corrected chi connectivity index (χ0v) is 20.8. The van der Waals surface area contributed by atoms with Gasteiger partial charge in [-0.25, -0.2) is 0 Å². The van der Waals surface area contributed by atoms with Gasteiger partial charge >= 0.3 is 0 Å². The number of hydrogen-bond donors (Lipinski definition) is 2. The molecule has 4 heteroatoms. The van der Waals surface area contributed by atoms with Crippen molar-refractivity contribution in [2.45, 2.75) is 104 Å². The SMILES string of the molecule is CCC[C@H]1CC[C@H]2[C@H](CC[C@H]3C4C[C@@H](O)[C@H]([C@@H](C)Cn5cc(CN)cn5)[C@@]4(C)CC[C@H]23)C1. The molecule has 4 fully saturated rings. The van der Waals surface area contributed by atoms with Gasteiger partial charge in [0, 0.05) is 24.8 Å². The molecule has 1 unspecified atom stereocenters. The van der Waals surface area contributed by atoms with Crippen molar-refractivity contribution in [3.8, 4) is 0 Å². The normalized spacial score (nSPS) is 44.5. The Hall–Kier alpha value is -0.870. The van der Waals surface area contributed by atoms with Gasteiger partial charge < -0.3 is 10.8 Å². The summed E-state index contributed by atoms with van der Waals surface area (Å²) in [5.74, 6) is 6.33. The summed E-state index contributed by atoms with van der Waals surface area (Å²) in [6.45, 7) is 8.69. The molecule has 1 aromatic heterocycles. The Bertz CT molecular complexity index is 776. The summed E-state index contributed by atoms with van der Waals surface area (Å²) in [7, 11) is 0. The number of fused-ring (bicyclic) bond motifs is 5. The molecular formula is C28H47N3O. The van der Waals surface area contributed by atoms with Gasteiger partial charge in [-0.05, 0) is 97.7 Å². The molecule has 4 nitrogen and oxygen atoms in total. The molecular weight excluding hydrogens is 394 g/mol. The molecule has 3 N–H and O–H groups in total. The van der Waals surface area contributed by atoms with Crippen molar-refractivity contribution in [2.75, 3.05) is 0 Å². The second kappa shape index (κ2) is 9.06. The van der Waals surface area contributed by atoms with E-state index in [1.54, 1.807) is 0 Å². The molecule has 32 heavy (non-hydrogen) atoms. The fraction of sp³-hybridized carbons (Fsp3) is 0.893. The molecule has 5 rings (SSSR count). The first-order chi connectivity index (χ1) is 15.4. The van der Waals surface area contributed by atoms with Gasteiger partial charge in [0.15, 0.2) is 0 Å². The van der Waals surface area contributed by atoms with Crippen LogP contribution in [0.5, 0.6) is 0 Å². The first-order valence-electron chi connectivity index (χ1n) is 13.8. The molecule has 180 valence electrons. The van der Waals surface area contributed by atoms with Crippen molar-refractivity contribution in [3.05, 3.63) is 18.0 Å². The van der Waals surface area contributed by atoms with E-state index in [-0.39, 0.29) is 11.5 Å². The maximum Gasteiger partial charge on any atom is 0.0579 e. The lowest BCUT2D eigenvalue weighted by Gasteiger charge is -2.56. The van der Waals surface area contributed by atoms with Crippen LogP contribution in [-0.2, 0) is 13.1 Å². The minimum Gasteiger partial charge on any atom is -0.393 e. The Morgan fingerprint density at radius 2 is 1.97 bits per heavy atom. The maximum absolute atomic E-state index is 11.4. The van der Waals surface area contributed by atoms with Crippen LogP contribution in [0.4, 0.5) is 0 Å². The smallest absolute Gasteiger partial charge is 0.0579 e. The number of aromatic nitrogens is 2. The average molecular weight is 442 g/mol. The van der Waals surface area contributed by atoms with E-state index in [0.717, 1.165) is 54.0 Å². The molecule has 0 aromatic carbocycles. The third kappa shape index (κ3) is 3.87. The minimum absolute atomic E-state index is 0.152. The molecule has 0 saturated heterocycles. The van der Waals surface area contributed by atoms with Crippen LogP contribution in [-0.4, -0.2) is 21.0 Å². The molecule has 0 bridgehead atoms. The van der Waals surface area contributed by atoms with E-state index in [2.05, 4.69) is 36.7 Å². The highest BCUT2D eigenvalue weighted by Gasteiger charge is 2.60. The minimum atomic E-state index is -0.152. The Kier molecular flexibility index (Phi) is 6.48. The third-order valence-electron chi connectivity index (χ3n) is 10.9. The number of aliphatic hydroxyl groups is 1. The molecule has 0 radical (unpaired) electrons. The molecule has 4 saturated carbocycles. The first kappa shape index (κ1) is 22.9. The van der Waals surface area contributed by atoms with E-state index >= 15 is 0 Å². The topological polar surface area (TPSA) is 64.1 Å². The van der Waals surface area contributed by atoms with Crippen molar-refractivity contribution in [2.24, 2.45) is 58.5 Å². The zero-order valence-electron chi connectivity index (χ0n) is 20.8. The fourth-order valence-electron chi connectivity index (χ4n) is 9.72. The first-order valence-corrected chi connectivity index (χ1v) is 13.8. The van der Waals surface area contributed by atoms with Crippen molar-refractivity contribution in [3.63, 3.8) is 0 Å². The Morgan fingerprint density at radius 3 is 2.72 bits per heavy atom. The average Bonchev–Trinajstić information content (AvgIpc) is 3.34. The van der Waals surface area contributed by atoms with Crippen molar-refractivity contribution in [1.29, 1.82) is 0 Å². The van der Waals surface area contributed by atoms with Crippen molar-refractivity contribution >= 4 is 0 Å². The molecule has 0 spiro atoms. The quantitative estimate of drug-likeness (QED) is 0.601. The van der Waals surface area contributed by atoms with Crippen molar-refractivity contribution in [1.82, 2.24) is 9.78 Å². The zero-order chi connectivity index (χ0) is 22.5. The highest BCUT2D eigenvalue weighted by atomic mass is 16.3. The van der Waals surface area contributed by atoms with Crippen LogP contribution in [0.3, 0.4) is 0 Å². The number of rotatable bonds is 6. The maximum atomic E-state index is 11.4. The number of nitrogens with two attached hydrogens (primary N) is 1. The third-order valence-corrected chi connectivity index (χ3v) is 10.9. The monoisotopic (exact) mass is 441 g/mol. The van der Waals surface area contributed by atoms with E-state index in [4.69, 9.17) is 5.73 Å². The van der Waals surface area contributed by atoms with Crippen LogP contribution in [0.1, 0.15) is 90.5 Å². The number of aliphatic hydroxyl groups excluding tert-OH is 1. The van der Waals surface area contributed by atoms with Gasteiger partial charge in [-0.1, -0.05) is 40.0 Å². The summed E-state index contributed by atoms with van der Waals surface area (Å²) in [5, 5.41) is 15.9. The second-order valence-electron chi connectivity index (χ2n) is 12.5. The van der Waals surface area contributed by atoms with E-state index in [9.17, 15) is 5.11 Å². The highest BCUT2D eigenvalue weighted by molar-refractivity contribution is 5.10. The number of hydrogen-bond acceptors (Lipinski definition) is 3. The summed E-state index contributed by atoms with van der Waals surface area (Å²) < 4.78 is 2.06. The van der Waals surface area contributed by atoms with Crippen LogP contribution in [0.15, 0.2) is 12.4 Å². The largest absolute Gasteiger partial charge is 0.393 e. The van der Waals surface area contributed by atoms with Gasteiger partial charge in [-0.3, -0.25) is 4.68 Å².